The van der Waals surface area contributed by atoms with Gasteiger partial charge < -0.3 is 15.1 Å². The summed E-state index contributed by atoms with van der Waals surface area (Å²) in [5, 5.41) is 2.65. The van der Waals surface area contributed by atoms with Crippen molar-refractivity contribution in [2.75, 3.05) is 26.2 Å². The van der Waals surface area contributed by atoms with Gasteiger partial charge in [0.15, 0.2) is 0 Å². The van der Waals surface area contributed by atoms with E-state index in [0.29, 0.717) is 13.1 Å². The normalized spacial score (nSPS) is 14.9. The van der Waals surface area contributed by atoms with Gasteiger partial charge in [0.25, 0.3) is 0 Å². The van der Waals surface area contributed by atoms with E-state index in [2.05, 4.69) is 18.5 Å². The van der Waals surface area contributed by atoms with Crippen molar-refractivity contribution < 1.29 is 14.4 Å². The van der Waals surface area contributed by atoms with Gasteiger partial charge in [-0.3, -0.25) is 14.4 Å². The highest BCUT2D eigenvalue weighted by Gasteiger charge is 2.22. The zero-order valence-electron chi connectivity index (χ0n) is 13.9. The number of nitrogens with one attached hydrogen (secondary N) is 1. The van der Waals surface area contributed by atoms with E-state index in [-0.39, 0.29) is 30.6 Å². The van der Waals surface area contributed by atoms with Crippen LogP contribution in [-0.4, -0.2) is 59.7 Å². The van der Waals surface area contributed by atoms with Gasteiger partial charge in [-0.05, 0) is 19.8 Å². The van der Waals surface area contributed by atoms with Gasteiger partial charge in [0, 0.05) is 39.0 Å². The van der Waals surface area contributed by atoms with Crippen molar-refractivity contribution in [1.82, 2.24) is 15.1 Å². The molecular weight excluding hydrogens is 294 g/mol. The summed E-state index contributed by atoms with van der Waals surface area (Å²) in [4.78, 5) is 39.4. The van der Waals surface area contributed by atoms with Crippen LogP contribution in [0.5, 0.6) is 0 Å². The lowest BCUT2D eigenvalue weighted by Crippen LogP contribution is -2.47. The van der Waals surface area contributed by atoms with Crippen LogP contribution in [0.2, 0.25) is 0 Å². The Morgan fingerprint density at radius 3 is 2.22 bits per heavy atom. The largest absolute Gasteiger partial charge is 0.345 e. The average molecular weight is 321 g/mol. The summed E-state index contributed by atoms with van der Waals surface area (Å²) in [6.45, 7) is 11.2. The Morgan fingerprint density at radius 1 is 1.13 bits per heavy atom. The molecule has 1 unspecified atom stereocenters. The third-order valence-electron chi connectivity index (χ3n) is 3.78. The van der Waals surface area contributed by atoms with E-state index in [1.807, 2.05) is 0 Å². The zero-order chi connectivity index (χ0) is 17.2. The lowest BCUT2D eigenvalue weighted by molar-refractivity contribution is -0.136. The minimum absolute atomic E-state index is 0.0107. The van der Waals surface area contributed by atoms with E-state index in [1.165, 1.54) is 0 Å². The molecule has 6 nitrogen and oxygen atoms in total. The van der Waals surface area contributed by atoms with Crippen LogP contribution in [0.1, 0.15) is 32.6 Å². The monoisotopic (exact) mass is 321 g/mol. The molecule has 1 atom stereocenters. The van der Waals surface area contributed by atoms with E-state index in [4.69, 9.17) is 0 Å². The SMILES string of the molecule is C=CCN(CC=C)C(=O)C(C)NC(=O)CCC(=O)N1CCCC1. The molecule has 0 aromatic carbocycles. The van der Waals surface area contributed by atoms with Gasteiger partial charge >= 0.3 is 0 Å². The molecule has 128 valence electrons. The molecule has 0 aliphatic carbocycles. The molecule has 6 heteroatoms. The predicted molar refractivity (Wildman–Crippen MR) is 89.6 cm³/mol. The fourth-order valence-electron chi connectivity index (χ4n) is 2.56. The molecule has 0 radical (unpaired) electrons. The molecule has 1 saturated heterocycles. The molecule has 1 rings (SSSR count). The molecule has 3 amide bonds. The second-order valence-corrected chi connectivity index (χ2v) is 5.70. The van der Waals surface area contributed by atoms with E-state index in [0.717, 1.165) is 25.9 Å². The Labute approximate surface area is 138 Å². The third-order valence-corrected chi connectivity index (χ3v) is 3.78. The number of hydrogen-bond donors (Lipinski definition) is 1. The fraction of sp³-hybridized carbons (Fsp3) is 0.588. The van der Waals surface area contributed by atoms with Gasteiger partial charge in [-0.15, -0.1) is 13.2 Å². The van der Waals surface area contributed by atoms with E-state index < -0.39 is 6.04 Å². The first-order chi connectivity index (χ1) is 11.0. The number of nitrogens with zero attached hydrogens (tertiary/aromatic N) is 2. The van der Waals surface area contributed by atoms with Gasteiger partial charge in [-0.25, -0.2) is 0 Å². The molecule has 1 fully saturated rings. The molecule has 0 aromatic rings. The predicted octanol–water partition coefficient (Wildman–Crippen LogP) is 1.09. The molecule has 1 aliphatic rings. The standard InChI is InChI=1S/C17H27N3O3/c1-4-10-20(11-5-2)17(23)14(3)18-15(21)8-9-16(22)19-12-6-7-13-19/h4-5,14H,1-2,6-13H2,3H3,(H,18,21). The molecule has 23 heavy (non-hydrogen) atoms. The molecule has 1 N–H and O–H groups in total. The minimum atomic E-state index is -0.635. The number of rotatable bonds is 9. The lowest BCUT2D eigenvalue weighted by atomic mass is 10.2. The molecule has 1 aliphatic heterocycles. The fourth-order valence-corrected chi connectivity index (χ4v) is 2.56. The van der Waals surface area contributed by atoms with E-state index in [9.17, 15) is 14.4 Å². The van der Waals surface area contributed by atoms with Crippen LogP contribution in [-0.2, 0) is 14.4 Å². The first kappa shape index (κ1) is 18.9. The summed E-state index contributed by atoms with van der Waals surface area (Å²) >= 11 is 0. The van der Waals surface area contributed by atoms with Gasteiger partial charge in [-0.2, -0.15) is 0 Å². The summed E-state index contributed by atoms with van der Waals surface area (Å²) < 4.78 is 0. The van der Waals surface area contributed by atoms with Crippen molar-refractivity contribution in [3.63, 3.8) is 0 Å². The number of amides is 3. The van der Waals surface area contributed by atoms with Crippen molar-refractivity contribution >= 4 is 17.7 Å². The van der Waals surface area contributed by atoms with Crippen LogP contribution in [0.4, 0.5) is 0 Å². The van der Waals surface area contributed by atoms with Gasteiger partial charge in [0.2, 0.25) is 17.7 Å². The summed E-state index contributed by atoms with van der Waals surface area (Å²) in [6.07, 6.45) is 5.62. The van der Waals surface area contributed by atoms with Crippen LogP contribution < -0.4 is 5.32 Å². The van der Waals surface area contributed by atoms with Crippen LogP contribution in [0.15, 0.2) is 25.3 Å². The van der Waals surface area contributed by atoms with Crippen LogP contribution >= 0.6 is 0 Å². The Balaban J connectivity index is 2.39. The second-order valence-electron chi connectivity index (χ2n) is 5.70. The van der Waals surface area contributed by atoms with Crippen molar-refractivity contribution in [1.29, 1.82) is 0 Å². The first-order valence-electron chi connectivity index (χ1n) is 8.07. The topological polar surface area (TPSA) is 69.7 Å². The van der Waals surface area contributed by atoms with E-state index >= 15 is 0 Å². The van der Waals surface area contributed by atoms with Crippen molar-refractivity contribution in [3.8, 4) is 0 Å². The maximum Gasteiger partial charge on any atom is 0.245 e. The minimum Gasteiger partial charge on any atom is -0.345 e. The maximum atomic E-state index is 12.2. The highest BCUT2D eigenvalue weighted by molar-refractivity contribution is 5.89. The molecule has 0 saturated carbocycles. The third kappa shape index (κ3) is 6.26. The summed E-state index contributed by atoms with van der Waals surface area (Å²) in [5.41, 5.74) is 0. The lowest BCUT2D eigenvalue weighted by Gasteiger charge is -2.24. The quantitative estimate of drug-likeness (QED) is 0.646. The Kier molecular flexibility index (Phi) is 8.08. The molecule has 0 bridgehead atoms. The molecule has 0 spiro atoms. The van der Waals surface area contributed by atoms with Crippen LogP contribution in [0, 0.1) is 0 Å². The second kappa shape index (κ2) is 9.82. The Bertz CT molecular complexity index is 446. The smallest absolute Gasteiger partial charge is 0.245 e. The summed E-state index contributed by atoms with van der Waals surface area (Å²) in [6, 6.07) is -0.635. The number of carbonyl (C=O) groups excluding carboxylic acids is 3. The highest BCUT2D eigenvalue weighted by atomic mass is 16.2. The van der Waals surface area contributed by atoms with Crippen molar-refractivity contribution in [2.45, 2.75) is 38.6 Å². The highest BCUT2D eigenvalue weighted by Crippen LogP contribution is 2.09. The van der Waals surface area contributed by atoms with Gasteiger partial charge in [-0.1, -0.05) is 12.2 Å². The van der Waals surface area contributed by atoms with Crippen LogP contribution in [0.25, 0.3) is 0 Å². The summed E-state index contributed by atoms with van der Waals surface area (Å²) in [7, 11) is 0. The van der Waals surface area contributed by atoms with Gasteiger partial charge in [0.05, 0.1) is 0 Å². The number of carbonyl (C=O) groups is 3. The molecular formula is C17H27N3O3. The summed E-state index contributed by atoms with van der Waals surface area (Å²) in [5.74, 6) is -0.462. The number of likely N-dealkylation sites (tertiary alicyclic amines) is 1. The molecule has 0 aromatic heterocycles. The van der Waals surface area contributed by atoms with Crippen molar-refractivity contribution in [3.05, 3.63) is 25.3 Å². The van der Waals surface area contributed by atoms with Crippen LogP contribution in [0.3, 0.4) is 0 Å². The van der Waals surface area contributed by atoms with Crippen molar-refractivity contribution in [2.24, 2.45) is 0 Å². The van der Waals surface area contributed by atoms with E-state index in [1.54, 1.807) is 28.9 Å². The zero-order valence-corrected chi connectivity index (χ0v) is 13.9. The number of hydrogen-bond acceptors (Lipinski definition) is 3. The Hall–Kier alpha value is -2.11. The first-order valence-corrected chi connectivity index (χ1v) is 8.07. The average Bonchev–Trinajstić information content (AvgIpc) is 3.06. The Morgan fingerprint density at radius 2 is 1.70 bits per heavy atom. The molecule has 1 heterocycles. The van der Waals surface area contributed by atoms with Gasteiger partial charge in [0.1, 0.15) is 6.04 Å². The maximum absolute atomic E-state index is 12.2.